The van der Waals surface area contributed by atoms with Crippen LogP contribution in [0.3, 0.4) is 0 Å². The third-order valence-corrected chi connectivity index (χ3v) is 5.86. The number of furan rings is 2. The van der Waals surface area contributed by atoms with E-state index in [0.29, 0.717) is 10.0 Å². The molecule has 0 aliphatic rings. The second-order valence-electron chi connectivity index (χ2n) is 6.69. The Morgan fingerprint density at radius 3 is 1.86 bits per heavy atom. The summed E-state index contributed by atoms with van der Waals surface area (Å²) in [5.74, 6) is 0. The molecule has 6 aromatic rings. The summed E-state index contributed by atoms with van der Waals surface area (Å²) in [4.78, 5) is 0. The normalized spacial score (nSPS) is 10.2. The number of benzene rings is 4. The molecule has 1 radical (unpaired) electrons. The number of halogens is 4. The first-order chi connectivity index (χ1) is 16.9. The Balaban J connectivity index is 0.000000204. The molecule has 0 aliphatic carbocycles. The van der Waals surface area contributed by atoms with E-state index in [1.165, 1.54) is 0 Å². The molecule has 0 unspecified atom stereocenters. The Morgan fingerprint density at radius 1 is 0.829 bits per heavy atom. The molecule has 0 aliphatic heterocycles. The Kier molecular flexibility index (Phi) is 11.0. The monoisotopic (exact) mass is 609 g/mol. The van der Waals surface area contributed by atoms with Crippen LogP contribution in [0.25, 0.3) is 43.9 Å². The molecule has 2 aromatic heterocycles. The third-order valence-electron chi connectivity index (χ3n) is 4.77. The molecule has 0 saturated heterocycles. The molecule has 4 aromatic carbocycles. The van der Waals surface area contributed by atoms with Crippen LogP contribution in [0.5, 0.6) is 0 Å². The number of fused-ring (bicyclic) bond motifs is 6. The van der Waals surface area contributed by atoms with Gasteiger partial charge in [-0.3, -0.25) is 4.39 Å². The van der Waals surface area contributed by atoms with Gasteiger partial charge in [-0.15, -0.1) is 0 Å². The van der Waals surface area contributed by atoms with Gasteiger partial charge in [-0.2, -0.15) is 13.5 Å². The van der Waals surface area contributed by atoms with E-state index in [9.17, 15) is 4.39 Å². The van der Waals surface area contributed by atoms with Gasteiger partial charge >= 0.3 is 24.8 Å². The fourth-order valence-corrected chi connectivity index (χ4v) is 4.24. The first-order valence-electron chi connectivity index (χ1n) is 10.4. The summed E-state index contributed by atoms with van der Waals surface area (Å²) < 4.78 is 30.6. The van der Waals surface area contributed by atoms with E-state index in [2.05, 4.69) is 40.7 Å². The van der Waals surface area contributed by atoms with Crippen LogP contribution in [0.1, 0.15) is 1.37 Å². The summed E-state index contributed by atoms with van der Waals surface area (Å²) in [6, 6.07) is 25.5. The van der Waals surface area contributed by atoms with E-state index >= 15 is 0 Å². The van der Waals surface area contributed by atoms with Gasteiger partial charge in [-0.25, -0.2) is 0 Å². The van der Waals surface area contributed by atoms with E-state index in [4.69, 9.17) is 33.4 Å². The van der Waals surface area contributed by atoms with Gasteiger partial charge in [-0.05, 0) is 36.4 Å². The summed E-state index contributed by atoms with van der Waals surface area (Å²) in [7, 11) is 3.34. The van der Waals surface area contributed by atoms with Crippen LogP contribution in [0.2, 0.25) is 10.0 Å². The number of rotatable bonds is 0. The molecule has 0 N–H and O–H groups in total. The zero-order valence-electron chi connectivity index (χ0n) is 19.0. The first kappa shape index (κ1) is 27.6. The second-order valence-corrected chi connectivity index (χ2v) is 8.65. The topological polar surface area (TPSA) is 38.6 Å². The van der Waals surface area contributed by atoms with Crippen molar-refractivity contribution in [3.05, 3.63) is 93.4 Å². The van der Waals surface area contributed by atoms with Crippen molar-refractivity contribution in [1.29, 1.82) is 0 Å². The molecule has 179 valence electrons. The molecule has 0 saturated carbocycles. The molecule has 10 heteroatoms. The average Bonchev–Trinajstić information content (AvgIpc) is 3.41. The maximum atomic E-state index is 9.96. The van der Waals surface area contributed by atoms with Gasteiger partial charge in [0, 0.05) is 26.0 Å². The molecule has 3 nitrogen and oxygen atoms in total. The number of hydrogen-bond acceptors (Lipinski definition) is 4. The maximum absolute atomic E-state index is 9.96. The number of alkyl halides is 1. The van der Waals surface area contributed by atoms with Crippen LogP contribution in [-0.4, -0.2) is 14.8 Å². The molecule has 35 heavy (non-hydrogen) atoms. The van der Waals surface area contributed by atoms with E-state index < -0.39 is 7.15 Å². The Bertz CT molecular complexity index is 1600. The molecule has 0 atom stereocenters. The number of nitrogens with zero attached hydrogens (tertiary/aromatic N) is 1. The van der Waals surface area contributed by atoms with Crippen LogP contribution < -0.4 is 0 Å². The molecule has 0 bridgehead atoms. The number of hydrogen-bond donors (Lipinski definition) is 1. The van der Waals surface area contributed by atoms with Crippen molar-refractivity contribution in [2.45, 2.75) is 0 Å². The number of para-hydroxylation sites is 3. The SMILES string of the molecule is Clc1cccc2c1oc1ccc(Br)cc12.Clc1cccc2c1oc1ccccc12.S.[2H]CF.[B]=NS. The van der Waals surface area contributed by atoms with Gasteiger partial charge in [0.05, 0.1) is 18.6 Å². The summed E-state index contributed by atoms with van der Waals surface area (Å²) in [5.41, 5.74) is 3.28. The predicted molar refractivity (Wildman–Crippen MR) is 160 cm³/mol. The van der Waals surface area contributed by atoms with Gasteiger partial charge in [0.15, 0.2) is 11.2 Å². The Morgan fingerprint density at radius 2 is 1.29 bits per heavy atom. The van der Waals surface area contributed by atoms with Crippen molar-refractivity contribution in [3.63, 3.8) is 0 Å². The van der Waals surface area contributed by atoms with Crippen molar-refractivity contribution in [2.24, 2.45) is 4.30 Å². The van der Waals surface area contributed by atoms with Crippen LogP contribution in [0, 0.1) is 0 Å². The predicted octanol–water partition coefficient (Wildman–Crippen LogP) is 10.1. The quantitative estimate of drug-likeness (QED) is 0.137. The summed E-state index contributed by atoms with van der Waals surface area (Å²) in [6.07, 6.45) is 0. The van der Waals surface area contributed by atoms with Crippen molar-refractivity contribution >= 4 is 117 Å². The van der Waals surface area contributed by atoms with E-state index in [0.717, 1.165) is 48.3 Å². The molecule has 2 heterocycles. The van der Waals surface area contributed by atoms with Crippen molar-refractivity contribution in [3.8, 4) is 0 Å². The molecular formula is C25H19BBrCl2FNO2S2. The summed E-state index contributed by atoms with van der Waals surface area (Å²) in [5, 5.41) is 5.65. The van der Waals surface area contributed by atoms with Gasteiger partial charge in [-0.1, -0.05) is 81.6 Å². The summed E-state index contributed by atoms with van der Waals surface area (Å²) in [6.45, 7) is 0. The standard InChI is InChI=1S/C12H6BrClO.C12H7ClO.CH3F.BHNS.H2S/c13-7-4-5-11-9(6-7)8-2-1-3-10(14)12(8)15-11;13-10-6-3-5-9-8-4-1-2-7-11(8)14-12(9)10;1-2;1-2-3;/h1-6H;1-7H;1H3;3H;1H2/i;;1D;;. The van der Waals surface area contributed by atoms with Gasteiger partial charge < -0.3 is 8.83 Å². The minimum absolute atomic E-state index is 0. The Hall–Kier alpha value is -1.97. The van der Waals surface area contributed by atoms with Gasteiger partial charge in [0.1, 0.15) is 11.2 Å². The third kappa shape index (κ3) is 6.63. The molecule has 0 spiro atoms. The van der Waals surface area contributed by atoms with E-state index in [1.807, 2.05) is 78.9 Å². The average molecular weight is 611 g/mol. The zero-order chi connectivity index (χ0) is 25.4. The summed E-state index contributed by atoms with van der Waals surface area (Å²) >= 11 is 18.7. The van der Waals surface area contributed by atoms with Gasteiger partial charge in [0.2, 0.25) is 0 Å². The molecule has 0 amide bonds. The van der Waals surface area contributed by atoms with E-state index in [1.54, 1.807) is 0 Å². The van der Waals surface area contributed by atoms with Crippen molar-refractivity contribution in [2.75, 3.05) is 7.15 Å². The zero-order valence-corrected chi connectivity index (χ0v) is 23.0. The second kappa shape index (κ2) is 13.9. The van der Waals surface area contributed by atoms with Crippen LogP contribution in [0.4, 0.5) is 4.39 Å². The van der Waals surface area contributed by atoms with Crippen molar-refractivity contribution < 1.29 is 14.6 Å². The number of thiol groups is 1. The molecule has 0 fully saturated rings. The molecular weight excluding hydrogens is 591 g/mol. The van der Waals surface area contributed by atoms with E-state index in [-0.39, 0.29) is 13.5 Å². The fraction of sp³-hybridized carbons (Fsp3) is 0.0400. The van der Waals surface area contributed by atoms with Crippen LogP contribution in [-0.2, 0) is 0 Å². The van der Waals surface area contributed by atoms with Gasteiger partial charge in [0.25, 0.3) is 0 Å². The van der Waals surface area contributed by atoms with Crippen LogP contribution >= 0.6 is 65.4 Å². The first-order valence-corrected chi connectivity index (χ1v) is 11.6. The van der Waals surface area contributed by atoms with Crippen molar-refractivity contribution in [1.82, 2.24) is 0 Å². The molecule has 6 rings (SSSR count). The Labute approximate surface area is 235 Å². The minimum atomic E-state index is -1.00. The fourth-order valence-electron chi connectivity index (χ4n) is 3.45. The van der Waals surface area contributed by atoms with Crippen LogP contribution in [0.15, 0.2) is 96.5 Å².